The van der Waals surface area contributed by atoms with Crippen molar-refractivity contribution in [1.82, 2.24) is 19.7 Å². The first-order valence-electron chi connectivity index (χ1n) is 9.06. The highest BCUT2D eigenvalue weighted by atomic mass is 19.1. The number of hydrogen-bond acceptors (Lipinski definition) is 4. The number of aryl methyl sites for hydroxylation is 2. The maximum absolute atomic E-state index is 14.0. The molecule has 142 valence electrons. The van der Waals surface area contributed by atoms with E-state index in [-0.39, 0.29) is 19.0 Å². The number of fused-ring (bicyclic) bond motifs is 3. The van der Waals surface area contributed by atoms with Gasteiger partial charge in [-0.15, -0.1) is 0 Å². The van der Waals surface area contributed by atoms with Crippen molar-refractivity contribution in [3.63, 3.8) is 0 Å². The molecule has 0 N–H and O–H groups in total. The Morgan fingerprint density at radius 1 is 1.25 bits per heavy atom. The number of halogens is 1. The van der Waals surface area contributed by atoms with Gasteiger partial charge in [0.05, 0.1) is 17.9 Å². The van der Waals surface area contributed by atoms with Crippen LogP contribution in [0.1, 0.15) is 27.3 Å². The molecular formula is C21H19FN4O2. The fourth-order valence-corrected chi connectivity index (χ4v) is 3.70. The molecule has 0 fully saturated rings. The molecule has 1 aromatic carbocycles. The third-order valence-corrected chi connectivity index (χ3v) is 5.01. The summed E-state index contributed by atoms with van der Waals surface area (Å²) in [6, 6.07) is 10.1. The quantitative estimate of drug-likeness (QED) is 0.640. The van der Waals surface area contributed by atoms with Gasteiger partial charge >= 0.3 is 0 Å². The second-order valence-electron chi connectivity index (χ2n) is 6.74. The molecule has 2 aromatic heterocycles. The predicted octanol–water partition coefficient (Wildman–Crippen LogP) is 2.56. The monoisotopic (exact) mass is 378 g/mol. The Hall–Kier alpha value is -3.35. The topological polar surface area (TPSA) is 68.1 Å². The minimum absolute atomic E-state index is 0.00768. The molecule has 2 heterocycles. The number of aldehydes is 1. The van der Waals surface area contributed by atoms with Gasteiger partial charge in [-0.25, -0.2) is 4.39 Å². The van der Waals surface area contributed by atoms with Crippen LogP contribution >= 0.6 is 0 Å². The van der Waals surface area contributed by atoms with Crippen LogP contribution in [0.25, 0.3) is 11.3 Å². The lowest BCUT2D eigenvalue weighted by Crippen LogP contribution is -2.33. The third kappa shape index (κ3) is 3.09. The van der Waals surface area contributed by atoms with Crippen LogP contribution in [-0.4, -0.2) is 38.4 Å². The number of carbonyl (C=O) groups is 2. The average molecular weight is 378 g/mol. The average Bonchev–Trinajstić information content (AvgIpc) is 3.06. The van der Waals surface area contributed by atoms with Crippen molar-refractivity contribution in [3.05, 3.63) is 70.9 Å². The van der Waals surface area contributed by atoms with Gasteiger partial charge in [0.25, 0.3) is 5.91 Å². The molecule has 4 rings (SSSR count). The molecule has 6 nitrogen and oxygen atoms in total. The highest BCUT2D eigenvalue weighted by Crippen LogP contribution is 2.34. The van der Waals surface area contributed by atoms with E-state index in [2.05, 4.69) is 10.1 Å². The minimum atomic E-state index is -0.408. The first-order valence-corrected chi connectivity index (χ1v) is 9.06. The number of nitrogens with zero attached hydrogens (tertiary/aromatic N) is 4. The Bertz CT molecular complexity index is 1060. The Morgan fingerprint density at radius 2 is 2.07 bits per heavy atom. The maximum atomic E-state index is 14.0. The highest BCUT2D eigenvalue weighted by molar-refractivity contribution is 5.96. The van der Waals surface area contributed by atoms with Crippen molar-refractivity contribution in [2.75, 3.05) is 6.54 Å². The van der Waals surface area contributed by atoms with Crippen LogP contribution in [0.15, 0.2) is 42.6 Å². The number of benzene rings is 1. The lowest BCUT2D eigenvalue weighted by atomic mass is 9.92. The van der Waals surface area contributed by atoms with Gasteiger partial charge in [0.15, 0.2) is 5.69 Å². The fraction of sp³-hybridized carbons (Fsp3) is 0.238. The number of aromatic nitrogens is 3. The third-order valence-electron chi connectivity index (χ3n) is 5.01. The van der Waals surface area contributed by atoms with E-state index in [1.54, 1.807) is 36.1 Å². The summed E-state index contributed by atoms with van der Waals surface area (Å²) in [5, 5.41) is 4.45. The highest BCUT2D eigenvalue weighted by Gasteiger charge is 2.30. The lowest BCUT2D eigenvalue weighted by Gasteiger charge is -2.21. The van der Waals surface area contributed by atoms with Crippen LogP contribution in [0.5, 0.6) is 0 Å². The normalized spacial score (nSPS) is 12.2. The lowest BCUT2D eigenvalue weighted by molar-refractivity contribution is -0.108. The smallest absolute Gasteiger partial charge is 0.275 e. The fourth-order valence-electron chi connectivity index (χ4n) is 3.70. The van der Waals surface area contributed by atoms with E-state index >= 15 is 0 Å². The van der Waals surface area contributed by atoms with E-state index in [1.807, 2.05) is 12.1 Å². The number of hydrogen-bond donors (Lipinski definition) is 0. The second kappa shape index (κ2) is 7.34. The molecule has 0 saturated heterocycles. The summed E-state index contributed by atoms with van der Waals surface area (Å²) in [5.41, 5.74) is 4.33. The van der Waals surface area contributed by atoms with Gasteiger partial charge in [-0.1, -0.05) is 18.2 Å². The van der Waals surface area contributed by atoms with E-state index in [0.29, 0.717) is 24.0 Å². The molecule has 0 atom stereocenters. The van der Waals surface area contributed by atoms with E-state index in [9.17, 15) is 14.0 Å². The van der Waals surface area contributed by atoms with Crippen LogP contribution in [0.4, 0.5) is 4.39 Å². The Balaban J connectivity index is 1.71. The Kier molecular flexibility index (Phi) is 4.73. The number of rotatable bonds is 5. The van der Waals surface area contributed by atoms with Gasteiger partial charge < -0.3 is 9.69 Å². The molecule has 3 aromatic rings. The summed E-state index contributed by atoms with van der Waals surface area (Å²) < 4.78 is 15.7. The van der Waals surface area contributed by atoms with Crippen molar-refractivity contribution in [3.8, 4) is 11.3 Å². The standard InChI is InChI=1S/C21H19FN4O2/c1-25-20-15-6-4-10-23-18(15)9-8-16(20)19(24-25)21(28)26(11-12-27)13-14-5-2-3-7-17(14)22/h2-7,10,12H,8-9,11,13H2,1H3. The van der Waals surface area contributed by atoms with Crippen LogP contribution in [-0.2, 0) is 31.2 Å². The number of amides is 1. The molecule has 0 unspecified atom stereocenters. The van der Waals surface area contributed by atoms with Crippen molar-refractivity contribution in [2.45, 2.75) is 19.4 Å². The predicted molar refractivity (Wildman–Crippen MR) is 101 cm³/mol. The van der Waals surface area contributed by atoms with E-state index < -0.39 is 5.82 Å². The summed E-state index contributed by atoms with van der Waals surface area (Å²) >= 11 is 0. The molecular weight excluding hydrogens is 359 g/mol. The van der Waals surface area contributed by atoms with Crippen LogP contribution < -0.4 is 0 Å². The Morgan fingerprint density at radius 3 is 2.86 bits per heavy atom. The van der Waals surface area contributed by atoms with E-state index in [0.717, 1.165) is 28.9 Å². The molecule has 0 bridgehead atoms. The molecule has 0 aliphatic heterocycles. The minimum Gasteiger partial charge on any atom is -0.326 e. The Labute approximate surface area is 161 Å². The molecule has 0 radical (unpaired) electrons. The van der Waals surface area contributed by atoms with Gasteiger partial charge in [0.2, 0.25) is 0 Å². The van der Waals surface area contributed by atoms with Gasteiger partial charge in [-0.05, 0) is 31.0 Å². The van der Waals surface area contributed by atoms with Gasteiger partial charge in [0, 0.05) is 36.5 Å². The largest absolute Gasteiger partial charge is 0.326 e. The summed E-state index contributed by atoms with van der Waals surface area (Å²) in [6.45, 7) is -0.121. The summed E-state index contributed by atoms with van der Waals surface area (Å²) in [4.78, 5) is 30.1. The SMILES string of the molecule is Cn1nc(C(=O)N(CC=O)Cc2ccccc2F)c2c1-c1cccnc1CC2. The van der Waals surface area contributed by atoms with Crippen LogP contribution in [0.2, 0.25) is 0 Å². The van der Waals surface area contributed by atoms with Gasteiger partial charge in [0.1, 0.15) is 12.1 Å². The first kappa shape index (κ1) is 18.0. The molecule has 1 amide bonds. The van der Waals surface area contributed by atoms with Crippen molar-refractivity contribution < 1.29 is 14.0 Å². The number of carbonyl (C=O) groups excluding carboxylic acids is 2. The van der Waals surface area contributed by atoms with Crippen molar-refractivity contribution >= 4 is 12.2 Å². The molecule has 7 heteroatoms. The van der Waals surface area contributed by atoms with E-state index in [1.165, 1.54) is 11.0 Å². The van der Waals surface area contributed by atoms with Crippen LogP contribution in [0, 0.1) is 5.82 Å². The summed E-state index contributed by atoms with van der Waals surface area (Å²) in [7, 11) is 1.79. The molecule has 0 saturated carbocycles. The zero-order valence-electron chi connectivity index (χ0n) is 15.4. The summed E-state index contributed by atoms with van der Waals surface area (Å²) in [6.07, 6.45) is 3.76. The van der Waals surface area contributed by atoms with Crippen molar-refractivity contribution in [1.29, 1.82) is 0 Å². The molecule has 28 heavy (non-hydrogen) atoms. The maximum Gasteiger partial charge on any atom is 0.275 e. The molecule has 1 aliphatic carbocycles. The van der Waals surface area contributed by atoms with Crippen molar-refractivity contribution in [2.24, 2.45) is 7.05 Å². The van der Waals surface area contributed by atoms with Gasteiger partial charge in [-0.3, -0.25) is 14.5 Å². The van der Waals surface area contributed by atoms with Gasteiger partial charge in [-0.2, -0.15) is 5.10 Å². The molecule has 1 aliphatic rings. The zero-order valence-corrected chi connectivity index (χ0v) is 15.4. The van der Waals surface area contributed by atoms with Crippen LogP contribution in [0.3, 0.4) is 0 Å². The zero-order chi connectivity index (χ0) is 19.7. The molecule has 0 spiro atoms. The number of pyridine rings is 1. The first-order chi connectivity index (χ1) is 13.6. The van der Waals surface area contributed by atoms with E-state index in [4.69, 9.17) is 0 Å². The summed E-state index contributed by atoms with van der Waals surface area (Å²) in [5.74, 6) is -0.784. The second-order valence-corrected chi connectivity index (χ2v) is 6.74.